The highest BCUT2D eigenvalue weighted by Gasteiger charge is 2.18. The first kappa shape index (κ1) is 18.1. The SMILES string of the molecule is CNC(C)Cc1noc(-c2nnn(-c3ccc(C)cc3)c2C)n1.Cl. The molecular weight excluding hydrogens is 328 g/mol. The molecule has 0 aliphatic carbocycles. The zero-order chi connectivity index (χ0) is 16.4. The van der Waals surface area contributed by atoms with E-state index in [2.05, 4.69) is 39.6 Å². The number of halogens is 1. The van der Waals surface area contributed by atoms with E-state index >= 15 is 0 Å². The molecule has 24 heavy (non-hydrogen) atoms. The van der Waals surface area contributed by atoms with Crippen molar-refractivity contribution >= 4 is 12.4 Å². The van der Waals surface area contributed by atoms with Crippen molar-refractivity contribution in [3.05, 3.63) is 41.3 Å². The van der Waals surface area contributed by atoms with Crippen LogP contribution in [0.5, 0.6) is 0 Å². The molecule has 0 bridgehead atoms. The number of hydrogen-bond donors (Lipinski definition) is 1. The zero-order valence-corrected chi connectivity index (χ0v) is 15.0. The summed E-state index contributed by atoms with van der Waals surface area (Å²) >= 11 is 0. The minimum Gasteiger partial charge on any atom is -0.332 e. The van der Waals surface area contributed by atoms with Gasteiger partial charge < -0.3 is 9.84 Å². The number of rotatable bonds is 5. The number of nitrogens with one attached hydrogen (secondary N) is 1. The Morgan fingerprint density at radius 2 is 1.92 bits per heavy atom. The lowest BCUT2D eigenvalue weighted by atomic mass is 10.2. The molecule has 2 heterocycles. The van der Waals surface area contributed by atoms with Gasteiger partial charge in [0, 0.05) is 12.5 Å². The molecule has 128 valence electrons. The van der Waals surface area contributed by atoms with E-state index < -0.39 is 0 Å². The predicted octanol–water partition coefficient (Wildman–Crippen LogP) is 2.51. The van der Waals surface area contributed by atoms with Gasteiger partial charge in [-0.25, -0.2) is 4.68 Å². The van der Waals surface area contributed by atoms with E-state index in [0.29, 0.717) is 23.8 Å². The molecule has 3 aromatic rings. The topological polar surface area (TPSA) is 81.7 Å². The van der Waals surface area contributed by atoms with E-state index in [0.717, 1.165) is 11.4 Å². The van der Waals surface area contributed by atoms with Crippen LogP contribution in [0, 0.1) is 13.8 Å². The molecule has 1 atom stereocenters. The number of aryl methyl sites for hydroxylation is 1. The van der Waals surface area contributed by atoms with Gasteiger partial charge >= 0.3 is 0 Å². The van der Waals surface area contributed by atoms with Crippen LogP contribution in [-0.4, -0.2) is 38.2 Å². The molecule has 7 nitrogen and oxygen atoms in total. The van der Waals surface area contributed by atoms with Crippen molar-refractivity contribution in [2.24, 2.45) is 0 Å². The van der Waals surface area contributed by atoms with E-state index in [1.54, 1.807) is 4.68 Å². The number of aromatic nitrogens is 5. The van der Waals surface area contributed by atoms with Crippen LogP contribution in [0.3, 0.4) is 0 Å². The van der Waals surface area contributed by atoms with Crippen molar-refractivity contribution in [2.75, 3.05) is 7.05 Å². The second kappa shape index (κ2) is 7.55. The summed E-state index contributed by atoms with van der Waals surface area (Å²) in [4.78, 5) is 4.42. The molecule has 3 rings (SSSR count). The van der Waals surface area contributed by atoms with Crippen molar-refractivity contribution in [3.63, 3.8) is 0 Å². The minimum absolute atomic E-state index is 0. The van der Waals surface area contributed by atoms with Crippen LogP contribution < -0.4 is 5.32 Å². The highest BCUT2D eigenvalue weighted by Crippen LogP contribution is 2.21. The van der Waals surface area contributed by atoms with Gasteiger partial charge in [-0.3, -0.25) is 0 Å². The van der Waals surface area contributed by atoms with E-state index in [4.69, 9.17) is 4.52 Å². The Balaban J connectivity index is 0.00000208. The van der Waals surface area contributed by atoms with Gasteiger partial charge in [0.15, 0.2) is 11.5 Å². The van der Waals surface area contributed by atoms with Crippen molar-refractivity contribution < 1.29 is 4.52 Å². The van der Waals surface area contributed by atoms with E-state index in [1.807, 2.05) is 38.2 Å². The Morgan fingerprint density at radius 1 is 1.21 bits per heavy atom. The van der Waals surface area contributed by atoms with Crippen molar-refractivity contribution in [1.29, 1.82) is 0 Å². The van der Waals surface area contributed by atoms with Gasteiger partial charge in [0.1, 0.15) is 0 Å². The standard InChI is InChI=1S/C16H20N6O.ClH/c1-10-5-7-13(8-6-10)22-12(3)15(19-21-22)16-18-14(20-23-16)9-11(2)17-4;/h5-8,11,17H,9H2,1-4H3;1H. The number of likely N-dealkylation sites (N-methyl/N-ethyl adjacent to an activating group) is 1. The van der Waals surface area contributed by atoms with Crippen LogP contribution >= 0.6 is 12.4 Å². The first-order valence-corrected chi connectivity index (χ1v) is 7.58. The van der Waals surface area contributed by atoms with Crippen LogP contribution in [0.15, 0.2) is 28.8 Å². The Hall–Kier alpha value is -2.25. The van der Waals surface area contributed by atoms with Gasteiger partial charge in [-0.1, -0.05) is 28.1 Å². The molecule has 0 aliphatic rings. The van der Waals surface area contributed by atoms with E-state index in [-0.39, 0.29) is 18.4 Å². The largest absolute Gasteiger partial charge is 0.332 e. The highest BCUT2D eigenvalue weighted by molar-refractivity contribution is 5.85. The normalized spacial score (nSPS) is 12.0. The minimum atomic E-state index is 0. The van der Waals surface area contributed by atoms with Crippen LogP contribution in [0.2, 0.25) is 0 Å². The second-order valence-corrected chi connectivity index (χ2v) is 5.68. The summed E-state index contributed by atoms with van der Waals surface area (Å²) in [6.07, 6.45) is 0.700. The third-order valence-electron chi connectivity index (χ3n) is 3.83. The molecule has 0 fully saturated rings. The molecular formula is C16H21ClN6O. The zero-order valence-electron chi connectivity index (χ0n) is 14.1. The predicted molar refractivity (Wildman–Crippen MR) is 93.6 cm³/mol. The van der Waals surface area contributed by atoms with Gasteiger partial charge in [0.05, 0.1) is 11.4 Å². The third-order valence-corrected chi connectivity index (χ3v) is 3.83. The molecule has 0 aliphatic heterocycles. The van der Waals surface area contributed by atoms with Gasteiger partial charge in [-0.15, -0.1) is 17.5 Å². The second-order valence-electron chi connectivity index (χ2n) is 5.68. The van der Waals surface area contributed by atoms with Crippen molar-refractivity contribution in [3.8, 4) is 17.3 Å². The summed E-state index contributed by atoms with van der Waals surface area (Å²) < 4.78 is 7.11. The van der Waals surface area contributed by atoms with Gasteiger partial charge in [0.2, 0.25) is 0 Å². The lowest BCUT2D eigenvalue weighted by molar-refractivity contribution is 0.417. The monoisotopic (exact) mass is 348 g/mol. The van der Waals surface area contributed by atoms with Crippen molar-refractivity contribution in [1.82, 2.24) is 30.5 Å². The van der Waals surface area contributed by atoms with Gasteiger partial charge in [-0.2, -0.15) is 4.98 Å². The number of hydrogen-bond acceptors (Lipinski definition) is 6. The lowest BCUT2D eigenvalue weighted by Crippen LogP contribution is -2.24. The van der Waals surface area contributed by atoms with Gasteiger partial charge in [0.25, 0.3) is 5.89 Å². The summed E-state index contributed by atoms with van der Waals surface area (Å²) in [5.74, 6) is 1.06. The average Bonchev–Trinajstić information content (AvgIpc) is 3.14. The highest BCUT2D eigenvalue weighted by atomic mass is 35.5. The molecule has 0 saturated heterocycles. The lowest BCUT2D eigenvalue weighted by Gasteiger charge is -2.04. The van der Waals surface area contributed by atoms with Crippen LogP contribution in [0.1, 0.15) is 24.0 Å². The van der Waals surface area contributed by atoms with E-state index in [1.165, 1.54) is 5.56 Å². The first-order valence-electron chi connectivity index (χ1n) is 7.58. The smallest absolute Gasteiger partial charge is 0.280 e. The molecule has 1 N–H and O–H groups in total. The molecule has 2 aromatic heterocycles. The van der Waals surface area contributed by atoms with Crippen LogP contribution in [0.4, 0.5) is 0 Å². The summed E-state index contributed by atoms with van der Waals surface area (Å²) in [7, 11) is 1.91. The van der Waals surface area contributed by atoms with Crippen molar-refractivity contribution in [2.45, 2.75) is 33.2 Å². The maximum absolute atomic E-state index is 5.34. The average molecular weight is 349 g/mol. The maximum Gasteiger partial charge on any atom is 0.280 e. The number of nitrogens with zero attached hydrogens (tertiary/aromatic N) is 5. The molecule has 0 radical (unpaired) electrons. The quantitative estimate of drug-likeness (QED) is 0.763. The van der Waals surface area contributed by atoms with E-state index in [9.17, 15) is 0 Å². The van der Waals surface area contributed by atoms with Crippen LogP contribution in [-0.2, 0) is 6.42 Å². The fraction of sp³-hybridized carbons (Fsp3) is 0.375. The molecule has 0 amide bonds. The fourth-order valence-electron chi connectivity index (χ4n) is 2.27. The molecule has 0 saturated carbocycles. The summed E-state index contributed by atoms with van der Waals surface area (Å²) in [6.45, 7) is 6.06. The Kier molecular flexibility index (Phi) is 5.69. The Morgan fingerprint density at radius 3 is 2.58 bits per heavy atom. The first-order chi connectivity index (χ1) is 11.1. The molecule has 8 heteroatoms. The Labute approximate surface area is 146 Å². The molecule has 1 aromatic carbocycles. The van der Waals surface area contributed by atoms with Crippen LogP contribution in [0.25, 0.3) is 17.3 Å². The summed E-state index contributed by atoms with van der Waals surface area (Å²) in [5.41, 5.74) is 3.63. The van der Waals surface area contributed by atoms with Gasteiger partial charge in [-0.05, 0) is 40.0 Å². The fourth-order valence-corrected chi connectivity index (χ4v) is 2.27. The molecule has 1 unspecified atom stereocenters. The summed E-state index contributed by atoms with van der Waals surface area (Å²) in [6, 6.07) is 8.38. The molecule has 0 spiro atoms. The summed E-state index contributed by atoms with van der Waals surface area (Å²) in [5, 5.41) is 15.6. The number of benzene rings is 1. The third kappa shape index (κ3) is 3.63. The maximum atomic E-state index is 5.34. The Bertz CT molecular complexity index is 795.